The Labute approximate surface area is 231 Å². The second-order valence-corrected chi connectivity index (χ2v) is 10.9. The van der Waals surface area contributed by atoms with Crippen LogP contribution in [0.2, 0.25) is 0 Å². The summed E-state index contributed by atoms with van der Waals surface area (Å²) in [5, 5.41) is 2.78. The maximum absolute atomic E-state index is 13.8. The van der Waals surface area contributed by atoms with Crippen LogP contribution in [0, 0.1) is 5.41 Å². The third-order valence-electron chi connectivity index (χ3n) is 7.13. The Morgan fingerprint density at radius 1 is 0.690 bits per heavy atom. The molecule has 2 heterocycles. The summed E-state index contributed by atoms with van der Waals surface area (Å²) >= 11 is 0. The van der Waals surface area contributed by atoms with Crippen molar-refractivity contribution < 1.29 is 57.4 Å². The topological polar surface area (TPSA) is 36.9 Å². The summed E-state index contributed by atoms with van der Waals surface area (Å²) in [6.45, 7) is 3.85. The zero-order valence-corrected chi connectivity index (χ0v) is 22.0. The number of alkyl halides is 12. The fourth-order valence-electron chi connectivity index (χ4n) is 5.26. The van der Waals surface area contributed by atoms with Gasteiger partial charge in [-0.3, -0.25) is 4.99 Å². The standard InChI is InChI=1S/C26H23F12N3O/c1-21(2)11-39-20-40-19(10-41(20)12-21)22(42-3,13-4-15(23(27,28)29)8-16(5-13)24(30,31)32)14-6-17(25(33,34)35)9-18(7-14)26(36,37)38/h4-9,19H,10-12H2,1-3H3,(H,39,40)/t19-/m0/s1. The monoisotopic (exact) mass is 621 g/mol. The van der Waals surface area contributed by atoms with E-state index >= 15 is 0 Å². The van der Waals surface area contributed by atoms with E-state index in [0.717, 1.165) is 7.11 Å². The van der Waals surface area contributed by atoms with Crippen molar-refractivity contribution >= 4 is 5.96 Å². The number of rotatable bonds is 4. The Morgan fingerprint density at radius 2 is 1.05 bits per heavy atom. The third-order valence-corrected chi connectivity index (χ3v) is 7.13. The van der Waals surface area contributed by atoms with Crippen LogP contribution >= 0.6 is 0 Å². The SMILES string of the molecule is COC(c1cc(C(F)(F)F)cc(C(F)(F)F)c1)(c1cc(C(F)(F)F)cc(C(F)(F)F)c1)[C@@H]1CN2CC(C)(C)CN=C2N1. The Morgan fingerprint density at radius 3 is 1.38 bits per heavy atom. The molecule has 2 aromatic carbocycles. The van der Waals surface area contributed by atoms with Gasteiger partial charge in [0.15, 0.2) is 5.96 Å². The van der Waals surface area contributed by atoms with Crippen molar-refractivity contribution in [2.45, 2.75) is 50.2 Å². The summed E-state index contributed by atoms with van der Waals surface area (Å²) in [6.07, 6.45) is -21.5. The Kier molecular flexibility index (Phi) is 7.52. The number of nitrogens with zero attached hydrogens (tertiary/aromatic N) is 2. The van der Waals surface area contributed by atoms with E-state index in [1.54, 1.807) is 4.90 Å². The predicted molar refractivity (Wildman–Crippen MR) is 125 cm³/mol. The highest BCUT2D eigenvalue weighted by Gasteiger charge is 2.52. The number of ether oxygens (including phenoxy) is 1. The van der Waals surface area contributed by atoms with E-state index in [-0.39, 0.29) is 62.0 Å². The Balaban J connectivity index is 2.09. The molecule has 4 rings (SSSR count). The van der Waals surface area contributed by atoms with Gasteiger partial charge in [-0.15, -0.1) is 0 Å². The highest BCUT2D eigenvalue weighted by Crippen LogP contribution is 2.47. The quantitative estimate of drug-likeness (QED) is 0.364. The number of hydrogen-bond donors (Lipinski definition) is 1. The molecule has 16 heteroatoms. The second-order valence-electron chi connectivity index (χ2n) is 10.9. The summed E-state index contributed by atoms with van der Waals surface area (Å²) in [6, 6.07) is -0.948. The molecule has 0 spiro atoms. The number of nitrogens with one attached hydrogen (secondary N) is 1. The maximum atomic E-state index is 13.8. The van der Waals surface area contributed by atoms with Gasteiger partial charge >= 0.3 is 24.7 Å². The molecule has 1 atom stereocenters. The van der Waals surface area contributed by atoms with Crippen molar-refractivity contribution in [3.8, 4) is 0 Å². The first-order chi connectivity index (χ1) is 19.0. The Bertz CT molecular complexity index is 1230. The average Bonchev–Trinajstić information content (AvgIpc) is 3.24. The molecular weight excluding hydrogens is 598 g/mol. The van der Waals surface area contributed by atoms with Gasteiger partial charge in [-0.25, -0.2) is 0 Å². The number of aliphatic imine (C=N–C) groups is 1. The van der Waals surface area contributed by atoms with E-state index in [9.17, 15) is 52.7 Å². The van der Waals surface area contributed by atoms with E-state index in [1.165, 1.54) is 0 Å². The van der Waals surface area contributed by atoms with Crippen LogP contribution in [-0.2, 0) is 35.0 Å². The van der Waals surface area contributed by atoms with Gasteiger partial charge in [-0.05, 0) is 47.5 Å². The lowest BCUT2D eigenvalue weighted by Crippen LogP contribution is -2.50. The number of methoxy groups -OCH3 is 1. The summed E-state index contributed by atoms with van der Waals surface area (Å²) in [7, 11) is 0.784. The third kappa shape index (κ3) is 5.99. The van der Waals surface area contributed by atoms with E-state index in [4.69, 9.17) is 4.74 Å². The lowest BCUT2D eigenvalue weighted by atomic mass is 9.77. The van der Waals surface area contributed by atoms with E-state index < -0.39 is 75.1 Å². The van der Waals surface area contributed by atoms with Gasteiger partial charge in [0.05, 0.1) is 28.3 Å². The number of guanidine groups is 1. The van der Waals surface area contributed by atoms with Crippen molar-refractivity contribution in [3.05, 3.63) is 69.8 Å². The molecule has 4 nitrogen and oxygen atoms in total. The largest absolute Gasteiger partial charge is 0.416 e. The Hall–Kier alpha value is -3.17. The van der Waals surface area contributed by atoms with E-state index in [2.05, 4.69) is 10.3 Å². The first-order valence-corrected chi connectivity index (χ1v) is 12.2. The van der Waals surface area contributed by atoms with Crippen LogP contribution in [0.15, 0.2) is 41.4 Å². The molecule has 0 aromatic heterocycles. The molecule has 1 saturated heterocycles. The normalized spacial score (nSPS) is 19.8. The van der Waals surface area contributed by atoms with Gasteiger partial charge in [-0.2, -0.15) is 52.7 Å². The van der Waals surface area contributed by atoms with Crippen LogP contribution in [0.5, 0.6) is 0 Å². The maximum Gasteiger partial charge on any atom is 0.416 e. The fourth-order valence-corrected chi connectivity index (χ4v) is 5.26. The molecule has 0 amide bonds. The van der Waals surface area contributed by atoms with Gasteiger partial charge in [0.25, 0.3) is 0 Å². The lowest BCUT2D eigenvalue weighted by Gasteiger charge is -2.40. The minimum atomic E-state index is -5.37. The van der Waals surface area contributed by atoms with Crippen LogP contribution in [0.25, 0.3) is 0 Å². The van der Waals surface area contributed by atoms with Gasteiger partial charge < -0.3 is 15.0 Å². The predicted octanol–water partition coefficient (Wildman–Crippen LogP) is 7.32. The molecule has 0 saturated carbocycles. The number of hydrogen-bond acceptors (Lipinski definition) is 4. The molecule has 0 bridgehead atoms. The van der Waals surface area contributed by atoms with Gasteiger partial charge in [0.1, 0.15) is 5.60 Å². The summed E-state index contributed by atoms with van der Waals surface area (Å²) in [5.41, 5.74) is -12.4. The smallest absolute Gasteiger partial charge is 0.367 e. The van der Waals surface area contributed by atoms with Crippen molar-refractivity contribution in [3.63, 3.8) is 0 Å². The molecule has 42 heavy (non-hydrogen) atoms. The van der Waals surface area contributed by atoms with Gasteiger partial charge in [0.2, 0.25) is 0 Å². The molecule has 1 N–H and O–H groups in total. The molecule has 0 unspecified atom stereocenters. The molecule has 2 aromatic rings. The molecule has 232 valence electrons. The van der Waals surface area contributed by atoms with Gasteiger partial charge in [-0.1, -0.05) is 13.8 Å². The summed E-state index contributed by atoms with van der Waals surface area (Å²) in [4.78, 5) is 5.87. The van der Waals surface area contributed by atoms with Crippen molar-refractivity contribution in [2.24, 2.45) is 10.4 Å². The van der Waals surface area contributed by atoms with Crippen molar-refractivity contribution in [2.75, 3.05) is 26.7 Å². The first kappa shape index (κ1) is 31.8. The van der Waals surface area contributed by atoms with Gasteiger partial charge in [0, 0.05) is 32.2 Å². The van der Waals surface area contributed by atoms with E-state index in [1.807, 2.05) is 13.8 Å². The molecular formula is C26H23F12N3O. The zero-order chi connectivity index (χ0) is 31.7. The zero-order valence-electron chi connectivity index (χ0n) is 22.0. The van der Waals surface area contributed by atoms with Crippen LogP contribution in [0.4, 0.5) is 52.7 Å². The summed E-state index contributed by atoms with van der Waals surface area (Å²) < 4.78 is 171. The highest BCUT2D eigenvalue weighted by atomic mass is 19.4. The van der Waals surface area contributed by atoms with Crippen LogP contribution in [-0.4, -0.2) is 43.6 Å². The number of fused-ring (bicyclic) bond motifs is 1. The van der Waals surface area contributed by atoms with Crippen LogP contribution in [0.3, 0.4) is 0 Å². The lowest BCUT2D eigenvalue weighted by molar-refractivity contribution is -0.144. The van der Waals surface area contributed by atoms with E-state index in [0.29, 0.717) is 0 Å². The van der Waals surface area contributed by atoms with Crippen LogP contribution in [0.1, 0.15) is 47.2 Å². The van der Waals surface area contributed by atoms with Crippen molar-refractivity contribution in [1.29, 1.82) is 0 Å². The average molecular weight is 621 g/mol. The molecule has 0 aliphatic carbocycles. The molecule has 1 fully saturated rings. The minimum absolute atomic E-state index is 0.117. The van der Waals surface area contributed by atoms with Crippen LogP contribution < -0.4 is 5.32 Å². The first-order valence-electron chi connectivity index (χ1n) is 12.2. The minimum Gasteiger partial charge on any atom is -0.367 e. The molecule has 0 radical (unpaired) electrons. The number of benzene rings is 2. The molecule has 2 aliphatic rings. The second kappa shape index (κ2) is 9.95. The molecule has 2 aliphatic heterocycles. The fraction of sp³-hybridized carbons (Fsp3) is 0.500. The van der Waals surface area contributed by atoms with Crippen molar-refractivity contribution in [1.82, 2.24) is 10.2 Å². The summed E-state index contributed by atoms with van der Waals surface area (Å²) in [5.74, 6) is 0.117. The number of halogens is 12. The highest BCUT2D eigenvalue weighted by molar-refractivity contribution is 5.83.